The van der Waals surface area contributed by atoms with Crippen LogP contribution < -0.4 is 9.47 Å². The van der Waals surface area contributed by atoms with Crippen molar-refractivity contribution >= 4 is 44.3 Å². The molecule has 0 atom stereocenters. The molecular formula is C21H13BrClFN4O2. The summed E-state index contributed by atoms with van der Waals surface area (Å²) in [5.74, 6) is 0.201. The highest BCUT2D eigenvalue weighted by molar-refractivity contribution is 9.10. The molecule has 0 radical (unpaired) electrons. The third-order valence-electron chi connectivity index (χ3n) is 4.38. The number of H-pyrrole nitrogens is 1. The van der Waals surface area contributed by atoms with Crippen molar-refractivity contribution in [3.8, 4) is 17.4 Å². The van der Waals surface area contributed by atoms with E-state index in [-0.39, 0.29) is 17.9 Å². The first-order valence-electron chi connectivity index (χ1n) is 8.69. The molecule has 0 aliphatic heterocycles. The first-order valence-corrected chi connectivity index (χ1v) is 9.86. The summed E-state index contributed by atoms with van der Waals surface area (Å²) in [6.45, 7) is 7.14. The fraction of sp³-hybridized carbons (Fsp3) is 0.0952. The number of nitrogens with one attached hydrogen (secondary N) is 1. The van der Waals surface area contributed by atoms with Crippen LogP contribution >= 0.6 is 27.5 Å². The van der Waals surface area contributed by atoms with E-state index in [0.29, 0.717) is 38.0 Å². The van der Waals surface area contributed by atoms with Gasteiger partial charge in [-0.2, -0.15) is 10.1 Å². The average Bonchev–Trinajstić information content (AvgIpc) is 3.14. The van der Waals surface area contributed by atoms with Crippen molar-refractivity contribution in [2.75, 3.05) is 7.11 Å². The Morgan fingerprint density at radius 2 is 2.07 bits per heavy atom. The number of methoxy groups -OCH3 is 1. The van der Waals surface area contributed by atoms with Gasteiger partial charge in [0.25, 0.3) is 0 Å². The number of pyridine rings is 1. The molecule has 0 spiro atoms. The number of ether oxygens (including phenoxy) is 2. The predicted octanol–water partition coefficient (Wildman–Crippen LogP) is 6.46. The van der Waals surface area contributed by atoms with Crippen LogP contribution in [0.3, 0.4) is 0 Å². The quantitative estimate of drug-likeness (QED) is 0.328. The van der Waals surface area contributed by atoms with Gasteiger partial charge in [0.1, 0.15) is 5.75 Å². The predicted molar refractivity (Wildman–Crippen MR) is 115 cm³/mol. The lowest BCUT2D eigenvalue weighted by atomic mass is 10.1. The molecule has 4 aromatic rings. The van der Waals surface area contributed by atoms with Gasteiger partial charge in [-0.15, -0.1) is 0 Å². The van der Waals surface area contributed by atoms with Gasteiger partial charge in [-0.1, -0.05) is 17.7 Å². The molecule has 2 heterocycles. The summed E-state index contributed by atoms with van der Waals surface area (Å²) < 4.78 is 26.6. The van der Waals surface area contributed by atoms with Crippen LogP contribution in [0.15, 0.2) is 46.9 Å². The van der Waals surface area contributed by atoms with E-state index in [9.17, 15) is 0 Å². The number of fused-ring (bicyclic) bond motifs is 1. The van der Waals surface area contributed by atoms with Gasteiger partial charge in [0.05, 0.1) is 18.2 Å². The Kier molecular flexibility index (Phi) is 5.57. The lowest BCUT2D eigenvalue weighted by Crippen LogP contribution is -1.98. The van der Waals surface area contributed by atoms with E-state index in [4.69, 9.17) is 27.6 Å². The highest BCUT2D eigenvalue weighted by atomic mass is 79.9. The highest BCUT2D eigenvalue weighted by Crippen LogP contribution is 2.37. The van der Waals surface area contributed by atoms with Gasteiger partial charge in [-0.25, -0.2) is 9.24 Å². The zero-order chi connectivity index (χ0) is 21.3. The van der Waals surface area contributed by atoms with Crippen LogP contribution in [0.5, 0.6) is 17.4 Å². The van der Waals surface area contributed by atoms with Crippen molar-refractivity contribution in [1.29, 1.82) is 0 Å². The van der Waals surface area contributed by atoms with E-state index in [1.807, 2.05) is 6.07 Å². The summed E-state index contributed by atoms with van der Waals surface area (Å²) in [5, 5.41) is 8.18. The number of rotatable bonds is 5. The van der Waals surface area contributed by atoms with Crippen molar-refractivity contribution in [1.82, 2.24) is 15.2 Å². The summed E-state index contributed by atoms with van der Waals surface area (Å²) in [6, 6.07) is 11.4. The molecule has 0 saturated carbocycles. The van der Waals surface area contributed by atoms with Gasteiger partial charge in [-0.3, -0.25) is 5.10 Å². The minimum atomic E-state index is -0.530. The molecule has 1 N–H and O–H groups in total. The van der Waals surface area contributed by atoms with Gasteiger partial charge in [0, 0.05) is 28.6 Å². The van der Waals surface area contributed by atoms with E-state index < -0.39 is 5.82 Å². The molecule has 0 aliphatic carbocycles. The molecule has 30 heavy (non-hydrogen) atoms. The Morgan fingerprint density at radius 1 is 1.23 bits per heavy atom. The van der Waals surface area contributed by atoms with Gasteiger partial charge in [-0.05, 0) is 51.8 Å². The molecule has 0 saturated heterocycles. The molecular weight excluding hydrogens is 475 g/mol. The van der Waals surface area contributed by atoms with E-state index in [1.54, 1.807) is 18.2 Å². The molecule has 9 heteroatoms. The largest absolute Gasteiger partial charge is 0.481 e. The zero-order valence-electron chi connectivity index (χ0n) is 15.5. The number of halogens is 3. The smallest absolute Gasteiger partial charge is 0.215 e. The Bertz CT molecular complexity index is 1300. The van der Waals surface area contributed by atoms with Crippen LogP contribution in [0.2, 0.25) is 5.02 Å². The summed E-state index contributed by atoms with van der Waals surface area (Å²) >= 11 is 9.35. The Morgan fingerprint density at radius 3 is 2.83 bits per heavy atom. The summed E-state index contributed by atoms with van der Waals surface area (Å²) in [5.41, 5.74) is 1.91. The Hall–Kier alpha value is -3.15. The van der Waals surface area contributed by atoms with Crippen LogP contribution in [0.25, 0.3) is 15.9 Å². The summed E-state index contributed by atoms with van der Waals surface area (Å²) in [7, 11) is 1.53. The third kappa shape index (κ3) is 3.95. The number of hydrogen-bond donors (Lipinski definition) is 1. The molecule has 6 nitrogen and oxygen atoms in total. The maximum atomic E-state index is 15.3. The lowest BCUT2D eigenvalue weighted by Gasteiger charge is -2.12. The Labute approximate surface area is 184 Å². The van der Waals surface area contributed by atoms with E-state index in [1.165, 1.54) is 25.3 Å². The number of nitrogens with zero attached hydrogens (tertiary/aromatic N) is 3. The minimum absolute atomic E-state index is 0.00862. The van der Waals surface area contributed by atoms with Crippen molar-refractivity contribution in [2.45, 2.75) is 6.42 Å². The van der Waals surface area contributed by atoms with Crippen molar-refractivity contribution in [3.05, 3.63) is 80.5 Å². The first-order chi connectivity index (χ1) is 14.5. The van der Waals surface area contributed by atoms with Crippen LogP contribution in [0.1, 0.15) is 11.3 Å². The van der Waals surface area contributed by atoms with Gasteiger partial charge in [0.15, 0.2) is 22.9 Å². The standard InChI is InChI=1S/C21H13BrClFN4O2/c1-25-13-8-12(23)9-14(10-13)30-20-16(22)5-3-11(19(20)24)7-17-15-4-6-18(29-2)26-21(15)28-27-17/h3-6,8-10H,7H2,2H3,(H,26,27,28). The molecule has 0 amide bonds. The molecule has 0 aliphatic rings. The fourth-order valence-electron chi connectivity index (χ4n) is 2.96. The second-order valence-corrected chi connectivity index (χ2v) is 7.60. The summed E-state index contributed by atoms with van der Waals surface area (Å²) in [6.07, 6.45) is 0.253. The van der Waals surface area contributed by atoms with Gasteiger partial charge < -0.3 is 9.47 Å². The minimum Gasteiger partial charge on any atom is -0.481 e. The molecule has 0 bridgehead atoms. The average molecular weight is 488 g/mol. The Balaban J connectivity index is 1.68. The van der Waals surface area contributed by atoms with Crippen molar-refractivity contribution < 1.29 is 13.9 Å². The first kappa shape index (κ1) is 20.1. The SMILES string of the molecule is [C-]#[N+]c1cc(Cl)cc(Oc2c(Br)ccc(Cc3[nH]nc4nc(OC)ccc34)c2F)c1. The number of aromatic amines is 1. The molecule has 2 aromatic carbocycles. The molecule has 0 fully saturated rings. The molecule has 150 valence electrons. The number of benzene rings is 2. The van der Waals surface area contributed by atoms with E-state index >= 15 is 4.39 Å². The van der Waals surface area contributed by atoms with Crippen LogP contribution in [0.4, 0.5) is 10.1 Å². The topological polar surface area (TPSA) is 64.4 Å². The van der Waals surface area contributed by atoms with Gasteiger partial charge in [0.2, 0.25) is 5.88 Å². The lowest BCUT2D eigenvalue weighted by molar-refractivity contribution is 0.399. The normalized spacial score (nSPS) is 10.8. The molecule has 2 aromatic heterocycles. The molecule has 0 unspecified atom stereocenters. The monoisotopic (exact) mass is 486 g/mol. The van der Waals surface area contributed by atoms with Crippen molar-refractivity contribution in [2.24, 2.45) is 0 Å². The number of aromatic nitrogens is 3. The van der Waals surface area contributed by atoms with Crippen LogP contribution in [-0.2, 0) is 6.42 Å². The van der Waals surface area contributed by atoms with Crippen LogP contribution in [0, 0.1) is 12.4 Å². The summed E-state index contributed by atoms with van der Waals surface area (Å²) in [4.78, 5) is 7.60. The van der Waals surface area contributed by atoms with E-state index in [0.717, 1.165) is 5.39 Å². The third-order valence-corrected chi connectivity index (χ3v) is 5.22. The maximum absolute atomic E-state index is 15.3. The van der Waals surface area contributed by atoms with Crippen molar-refractivity contribution in [3.63, 3.8) is 0 Å². The highest BCUT2D eigenvalue weighted by Gasteiger charge is 2.18. The second-order valence-electron chi connectivity index (χ2n) is 6.31. The van der Waals surface area contributed by atoms with E-state index in [2.05, 4.69) is 36.0 Å². The van der Waals surface area contributed by atoms with Crippen LogP contribution in [-0.4, -0.2) is 22.3 Å². The second kappa shape index (κ2) is 8.30. The fourth-order valence-corrected chi connectivity index (χ4v) is 3.57. The molecule has 4 rings (SSSR count). The maximum Gasteiger partial charge on any atom is 0.215 e. The number of hydrogen-bond acceptors (Lipinski definition) is 4. The zero-order valence-corrected chi connectivity index (χ0v) is 17.9. The van der Waals surface area contributed by atoms with Gasteiger partial charge >= 0.3 is 0 Å².